The second-order valence-corrected chi connectivity index (χ2v) is 7.69. The second-order valence-electron chi connectivity index (χ2n) is 3.66. The lowest BCUT2D eigenvalue weighted by Crippen LogP contribution is -2.17. The molecule has 0 spiro atoms. The van der Waals surface area contributed by atoms with Gasteiger partial charge in [-0.3, -0.25) is 0 Å². The number of hydrogen-bond donors (Lipinski definition) is 0. The fourth-order valence-electron chi connectivity index (χ4n) is 1.37. The molecule has 0 fully saturated rings. The maximum atomic E-state index is 12.4. The van der Waals surface area contributed by atoms with E-state index in [0.29, 0.717) is 5.56 Å². The van der Waals surface area contributed by atoms with Gasteiger partial charge in [-0.05, 0) is 18.1 Å². The molecule has 0 heterocycles. The largest absolute Gasteiger partial charge is 0.233 e. The lowest BCUT2D eigenvalue weighted by molar-refractivity contribution is 0.532. The Bertz CT molecular complexity index is 613. The zero-order chi connectivity index (χ0) is 14.5. The number of halogens is 2. The summed E-state index contributed by atoms with van der Waals surface area (Å²) < 4.78 is 68.9. The van der Waals surface area contributed by atoms with Crippen molar-refractivity contribution in [1.82, 2.24) is 0 Å². The minimum atomic E-state index is -4.63. The summed E-state index contributed by atoms with van der Waals surface area (Å²) in [5, 5.41) is 0. The molecule has 0 aliphatic carbocycles. The van der Waals surface area contributed by atoms with Crippen LogP contribution in [0.3, 0.4) is 0 Å². The zero-order valence-electron chi connectivity index (χ0n) is 9.79. The monoisotopic (exact) mass is 310 g/mol. The first-order valence-electron chi connectivity index (χ1n) is 5.15. The first kappa shape index (κ1) is 15.8. The molecule has 0 aliphatic rings. The first-order chi connectivity index (χ1) is 8.83. The smallest absolute Gasteiger partial charge is 0.218 e. The molecule has 0 aromatic heterocycles. The molecule has 1 aromatic rings. The molecule has 1 rings (SSSR count). The van der Waals surface area contributed by atoms with Gasteiger partial charge in [-0.15, -0.1) is 0 Å². The van der Waals surface area contributed by atoms with Gasteiger partial charge in [-0.1, -0.05) is 30.3 Å². The van der Waals surface area contributed by atoms with Crippen LogP contribution in [-0.4, -0.2) is 28.8 Å². The maximum absolute atomic E-state index is 12.4. The summed E-state index contributed by atoms with van der Waals surface area (Å²) in [6.45, 7) is 0. The van der Waals surface area contributed by atoms with Crippen LogP contribution in [0, 0.1) is 0 Å². The number of hydrogen-bond acceptors (Lipinski definition) is 4. The third-order valence-electron chi connectivity index (χ3n) is 2.25. The van der Waals surface area contributed by atoms with E-state index in [1.54, 1.807) is 30.3 Å². The highest BCUT2D eigenvalue weighted by molar-refractivity contribution is 8.14. The molecule has 0 atom stereocenters. The Morgan fingerprint density at radius 1 is 0.947 bits per heavy atom. The van der Waals surface area contributed by atoms with Gasteiger partial charge < -0.3 is 0 Å². The van der Waals surface area contributed by atoms with Crippen molar-refractivity contribution in [3.8, 4) is 0 Å². The Kier molecular flexibility index (Phi) is 5.19. The van der Waals surface area contributed by atoms with E-state index in [2.05, 4.69) is 0 Å². The lowest BCUT2D eigenvalue weighted by Gasteiger charge is -2.05. The third-order valence-corrected chi connectivity index (χ3v) is 5.91. The number of benzene rings is 1. The molecular weight excluding hydrogens is 298 g/mol. The van der Waals surface area contributed by atoms with Crippen molar-refractivity contribution in [2.24, 2.45) is 0 Å². The van der Waals surface area contributed by atoms with Gasteiger partial charge in [0.05, 0.1) is 0 Å². The summed E-state index contributed by atoms with van der Waals surface area (Å²) >= 11 is 0. The van der Waals surface area contributed by atoms with Crippen LogP contribution in [0.5, 0.6) is 0 Å². The quantitative estimate of drug-likeness (QED) is 0.803. The molecule has 4 nitrogen and oxygen atoms in total. The maximum Gasteiger partial charge on any atom is 0.218 e. The van der Waals surface area contributed by atoms with Crippen LogP contribution in [-0.2, 0) is 26.1 Å². The highest BCUT2D eigenvalue weighted by Crippen LogP contribution is 2.18. The molecule has 0 saturated heterocycles. The van der Waals surface area contributed by atoms with Gasteiger partial charge >= 0.3 is 0 Å². The SMILES string of the molecule is O=S(=O)(CF)C(=CCc1ccccc1)S(=O)(=O)CF. The van der Waals surface area contributed by atoms with E-state index in [-0.39, 0.29) is 6.42 Å². The van der Waals surface area contributed by atoms with Gasteiger partial charge in [0.1, 0.15) is 0 Å². The van der Waals surface area contributed by atoms with E-state index in [0.717, 1.165) is 6.08 Å². The molecule has 0 unspecified atom stereocenters. The number of rotatable bonds is 6. The summed E-state index contributed by atoms with van der Waals surface area (Å²) in [6, 6.07) is 4.59. The normalized spacial score (nSPS) is 12.1. The van der Waals surface area contributed by atoms with Gasteiger partial charge in [-0.2, -0.15) is 0 Å². The Morgan fingerprint density at radius 2 is 1.42 bits per heavy atom. The minimum absolute atomic E-state index is 0.0470. The van der Waals surface area contributed by atoms with Crippen molar-refractivity contribution in [3.05, 3.63) is 46.2 Å². The molecule has 19 heavy (non-hydrogen) atoms. The predicted molar refractivity (Wildman–Crippen MR) is 68.0 cm³/mol. The highest BCUT2D eigenvalue weighted by Gasteiger charge is 2.30. The number of alkyl halides is 2. The van der Waals surface area contributed by atoms with Gasteiger partial charge in [0.25, 0.3) is 0 Å². The fraction of sp³-hybridized carbons (Fsp3) is 0.273. The van der Waals surface area contributed by atoms with Crippen molar-refractivity contribution >= 4 is 19.7 Å². The average molecular weight is 310 g/mol. The van der Waals surface area contributed by atoms with Crippen molar-refractivity contribution in [2.45, 2.75) is 6.42 Å². The Hall–Kier alpha value is -1.28. The third kappa shape index (κ3) is 4.10. The predicted octanol–water partition coefficient (Wildman–Crippen LogP) is 1.75. The van der Waals surface area contributed by atoms with Gasteiger partial charge in [0.2, 0.25) is 19.7 Å². The summed E-state index contributed by atoms with van der Waals surface area (Å²) in [6.07, 6.45) is 0.772. The van der Waals surface area contributed by atoms with Gasteiger partial charge in [-0.25, -0.2) is 25.6 Å². The topological polar surface area (TPSA) is 68.3 Å². The minimum Gasteiger partial charge on any atom is -0.233 e. The molecule has 1 aromatic carbocycles. The van der Waals surface area contributed by atoms with Crippen molar-refractivity contribution < 1.29 is 25.6 Å². The van der Waals surface area contributed by atoms with Crippen molar-refractivity contribution in [1.29, 1.82) is 0 Å². The Morgan fingerprint density at radius 3 is 1.84 bits per heavy atom. The van der Waals surface area contributed by atoms with E-state index in [1.165, 1.54) is 0 Å². The van der Waals surface area contributed by atoms with E-state index in [1.807, 2.05) is 0 Å². The number of allylic oxidation sites excluding steroid dienone is 1. The molecule has 0 saturated carbocycles. The van der Waals surface area contributed by atoms with Crippen molar-refractivity contribution in [2.75, 3.05) is 12.0 Å². The van der Waals surface area contributed by atoms with Crippen LogP contribution >= 0.6 is 0 Å². The Labute approximate surface area is 110 Å². The molecule has 0 radical (unpaired) electrons. The van der Waals surface area contributed by atoms with Crippen molar-refractivity contribution in [3.63, 3.8) is 0 Å². The van der Waals surface area contributed by atoms with E-state index >= 15 is 0 Å². The van der Waals surface area contributed by atoms with Crippen LogP contribution in [0.2, 0.25) is 0 Å². The highest BCUT2D eigenvalue weighted by atomic mass is 32.3. The van der Waals surface area contributed by atoms with Crippen LogP contribution in [0.25, 0.3) is 0 Å². The lowest BCUT2D eigenvalue weighted by atomic mass is 10.2. The van der Waals surface area contributed by atoms with Gasteiger partial charge in [0, 0.05) is 0 Å². The van der Waals surface area contributed by atoms with Crippen LogP contribution in [0.4, 0.5) is 8.78 Å². The average Bonchev–Trinajstić information content (AvgIpc) is 2.39. The standard InChI is InChI=1S/C11H12F2O4S2/c12-8-18(14,15)11(19(16,17)9-13)7-6-10-4-2-1-3-5-10/h1-5,7H,6,8-9H2. The summed E-state index contributed by atoms with van der Waals surface area (Å²) in [5.41, 5.74) is 0.628. The molecule has 106 valence electrons. The molecule has 8 heteroatoms. The van der Waals surface area contributed by atoms with Crippen LogP contribution in [0.15, 0.2) is 40.6 Å². The second kappa shape index (κ2) is 6.25. The molecule has 0 N–H and O–H groups in total. The van der Waals surface area contributed by atoms with E-state index in [4.69, 9.17) is 0 Å². The van der Waals surface area contributed by atoms with E-state index in [9.17, 15) is 25.6 Å². The zero-order valence-corrected chi connectivity index (χ0v) is 11.4. The first-order valence-corrected chi connectivity index (χ1v) is 8.45. The Balaban J connectivity index is 3.20. The summed E-state index contributed by atoms with van der Waals surface area (Å²) in [4.78, 5) is 0. The molecule has 0 aliphatic heterocycles. The molecular formula is C11H12F2O4S2. The van der Waals surface area contributed by atoms with Crippen LogP contribution in [0.1, 0.15) is 5.56 Å². The molecule has 0 bridgehead atoms. The summed E-state index contributed by atoms with van der Waals surface area (Å²) in [5.74, 6) is 0. The summed E-state index contributed by atoms with van der Waals surface area (Å²) in [7, 11) is -9.27. The van der Waals surface area contributed by atoms with Crippen LogP contribution < -0.4 is 0 Å². The van der Waals surface area contributed by atoms with Gasteiger partial charge in [0.15, 0.2) is 16.3 Å². The molecule has 0 amide bonds. The fourth-order valence-corrected chi connectivity index (χ4v) is 4.07. The van der Waals surface area contributed by atoms with E-state index < -0.39 is 35.9 Å². The number of sulfone groups is 2.